The van der Waals surface area contributed by atoms with Crippen LogP contribution in [0.25, 0.3) is 0 Å². The molecule has 0 aliphatic heterocycles. The smallest absolute Gasteiger partial charge is 0.393 e. The summed E-state index contributed by atoms with van der Waals surface area (Å²) in [5.74, 6) is -74.2. The van der Waals surface area contributed by atoms with E-state index < -0.39 is 77.6 Å². The number of carbonyl (C=O) groups is 1. The van der Waals surface area contributed by atoms with Gasteiger partial charge in [0.15, 0.2) is 0 Å². The van der Waals surface area contributed by atoms with E-state index >= 15 is 0 Å². The average molecular weight is 632 g/mol. The van der Waals surface area contributed by atoms with Gasteiger partial charge in [-0.3, -0.25) is 0 Å². The lowest BCUT2D eigenvalue weighted by Crippen LogP contribution is -2.77. The van der Waals surface area contributed by atoms with E-state index in [2.05, 4.69) is 11.3 Å². The second kappa shape index (κ2) is 9.68. The van der Waals surface area contributed by atoms with Gasteiger partial charge in [0.2, 0.25) is 0 Å². The van der Waals surface area contributed by atoms with Crippen LogP contribution in [0.4, 0.5) is 92.2 Å². The van der Waals surface area contributed by atoms with Gasteiger partial charge in [-0.15, -0.1) is 0 Å². The Labute approximate surface area is 200 Å². The van der Waals surface area contributed by atoms with Crippen molar-refractivity contribution in [1.82, 2.24) is 0 Å². The van der Waals surface area contributed by atoms with E-state index in [1.165, 1.54) is 0 Å². The monoisotopic (exact) mass is 632 g/mol. The number of carbonyl (C=O) groups excluding carboxylic acids is 1. The first kappa shape index (κ1) is 36.7. The van der Waals surface area contributed by atoms with E-state index in [4.69, 9.17) is 0 Å². The highest BCUT2D eigenvalue weighted by molar-refractivity contribution is 5.87. The maximum Gasteiger partial charge on any atom is 0.473 e. The fourth-order valence-electron chi connectivity index (χ4n) is 2.20. The molecule has 0 saturated heterocycles. The Hall–Kier alpha value is -2.26. The van der Waals surface area contributed by atoms with Crippen LogP contribution in [-0.4, -0.2) is 65.6 Å². The minimum atomic E-state index is -9.26. The summed E-state index contributed by atoms with van der Waals surface area (Å²) in [5, 5.41) is 0. The van der Waals surface area contributed by atoms with E-state index in [1.807, 2.05) is 0 Å². The molecule has 0 radical (unpaired) electrons. The van der Waals surface area contributed by atoms with Gasteiger partial charge in [0, 0.05) is 5.57 Å². The molecule has 0 bridgehead atoms. The number of rotatable bonds is 12. The molecule has 0 heterocycles. The largest absolute Gasteiger partial charge is 0.473 e. The number of halogens is 21. The first-order chi connectivity index (χ1) is 16.6. The summed E-state index contributed by atoms with van der Waals surface area (Å²) in [5.41, 5.74) is -1.30. The second-order valence-electron chi connectivity index (χ2n) is 7.35. The Morgan fingerprint density at radius 3 is 1.03 bits per heavy atom. The molecule has 0 rings (SSSR count). The first-order valence-electron chi connectivity index (χ1n) is 9.00. The molecule has 0 aliphatic carbocycles. The maximum absolute atomic E-state index is 13.6. The van der Waals surface area contributed by atoms with Crippen LogP contribution in [0.1, 0.15) is 19.8 Å². The van der Waals surface area contributed by atoms with Gasteiger partial charge in [-0.25, -0.2) is 4.79 Å². The molecule has 0 amide bonds. The zero-order valence-corrected chi connectivity index (χ0v) is 17.9. The van der Waals surface area contributed by atoms with Gasteiger partial charge in [-0.05, 0) is 6.42 Å². The van der Waals surface area contributed by atoms with Crippen LogP contribution in [-0.2, 0) is 9.53 Å². The molecule has 0 aromatic heterocycles. The summed E-state index contributed by atoms with van der Waals surface area (Å²) in [4.78, 5) is 11.2. The third-order valence-electron chi connectivity index (χ3n) is 4.54. The quantitative estimate of drug-likeness (QED) is 0.124. The fourth-order valence-corrected chi connectivity index (χ4v) is 2.20. The molecule has 0 aliphatic rings. The number of alkyl halides is 21. The van der Waals surface area contributed by atoms with Crippen LogP contribution in [0.15, 0.2) is 12.2 Å². The standard InChI is InChI=1S/C16H9F21O2/c1-3-4-5(2)6(38)39-16(36,37)14(31,32)12(27,28)10(23,24)8(19,20)7(17,18)9(21,22)11(25,26)13(29,30)15(33,34)35/h2-4H2,1H3. The lowest BCUT2D eigenvalue weighted by molar-refractivity contribution is -0.482. The second-order valence-corrected chi connectivity index (χ2v) is 7.35. The Morgan fingerprint density at radius 2 is 0.769 bits per heavy atom. The number of hydrogen-bond donors (Lipinski definition) is 0. The van der Waals surface area contributed by atoms with E-state index in [0.29, 0.717) is 0 Å². The van der Waals surface area contributed by atoms with Crippen molar-refractivity contribution >= 4 is 5.97 Å². The Balaban J connectivity index is 6.96. The molecular weight excluding hydrogens is 623 g/mol. The summed E-state index contributed by atoms with van der Waals surface area (Å²) in [6, 6.07) is 0. The molecule has 2 nitrogen and oxygen atoms in total. The molecule has 39 heavy (non-hydrogen) atoms. The molecule has 0 fully saturated rings. The lowest BCUT2D eigenvalue weighted by Gasteiger charge is -2.44. The predicted octanol–water partition coefficient (Wildman–Crippen LogP) is 8.12. The number of ether oxygens (including phenoxy) is 1. The molecule has 0 unspecified atom stereocenters. The van der Waals surface area contributed by atoms with E-state index in [0.717, 1.165) is 6.92 Å². The summed E-state index contributed by atoms with van der Waals surface area (Å²) >= 11 is 0. The molecule has 0 saturated carbocycles. The van der Waals surface area contributed by atoms with Crippen LogP contribution in [0.3, 0.4) is 0 Å². The third-order valence-corrected chi connectivity index (χ3v) is 4.54. The SMILES string of the molecule is C=C(CCC)C(=O)OC(F)(F)C(F)(F)C(F)(F)C(F)(F)C(F)(F)C(F)(F)C(F)(F)C(F)(F)C(F)(F)C(F)(F)F. The van der Waals surface area contributed by atoms with E-state index in [-0.39, 0.29) is 6.42 Å². The van der Waals surface area contributed by atoms with Gasteiger partial charge in [-0.1, -0.05) is 19.9 Å². The van der Waals surface area contributed by atoms with Gasteiger partial charge >= 0.3 is 65.6 Å². The van der Waals surface area contributed by atoms with Gasteiger partial charge in [-0.2, -0.15) is 92.2 Å². The average Bonchev–Trinajstić information content (AvgIpc) is 2.71. The zero-order valence-electron chi connectivity index (χ0n) is 17.9. The molecule has 0 N–H and O–H groups in total. The summed E-state index contributed by atoms with van der Waals surface area (Å²) in [6.45, 7) is 3.71. The van der Waals surface area contributed by atoms with Crippen LogP contribution >= 0.6 is 0 Å². The molecule has 232 valence electrons. The topological polar surface area (TPSA) is 26.3 Å². The Morgan fingerprint density at radius 1 is 0.513 bits per heavy atom. The van der Waals surface area contributed by atoms with Crippen molar-refractivity contribution in [3.05, 3.63) is 12.2 Å². The maximum atomic E-state index is 13.6. The minimum absolute atomic E-state index is 0.252. The molecule has 0 spiro atoms. The van der Waals surface area contributed by atoms with Gasteiger partial charge in [0.25, 0.3) is 0 Å². The van der Waals surface area contributed by atoms with Crippen molar-refractivity contribution in [1.29, 1.82) is 0 Å². The normalized spacial score (nSPS) is 15.8. The van der Waals surface area contributed by atoms with Crippen LogP contribution in [0.2, 0.25) is 0 Å². The van der Waals surface area contributed by atoms with Gasteiger partial charge in [0.1, 0.15) is 0 Å². The van der Waals surface area contributed by atoms with Gasteiger partial charge in [0.05, 0.1) is 0 Å². The van der Waals surface area contributed by atoms with Crippen molar-refractivity contribution < 1.29 is 102 Å². The predicted molar refractivity (Wildman–Crippen MR) is 80.7 cm³/mol. The van der Waals surface area contributed by atoms with Crippen LogP contribution < -0.4 is 0 Å². The third kappa shape index (κ3) is 4.94. The summed E-state index contributed by atoms with van der Waals surface area (Å²) in [6.07, 6.45) is -16.5. The zero-order chi connectivity index (χ0) is 32.3. The van der Waals surface area contributed by atoms with Crippen LogP contribution in [0.5, 0.6) is 0 Å². The fraction of sp³-hybridized carbons (Fsp3) is 0.812. The van der Waals surface area contributed by atoms with Crippen molar-refractivity contribution in [2.24, 2.45) is 0 Å². The van der Waals surface area contributed by atoms with E-state index in [1.54, 1.807) is 0 Å². The highest BCUT2D eigenvalue weighted by Gasteiger charge is 2.98. The van der Waals surface area contributed by atoms with Crippen molar-refractivity contribution in [3.63, 3.8) is 0 Å². The molecule has 0 aromatic rings. The summed E-state index contributed by atoms with van der Waals surface area (Å²) in [7, 11) is 0. The van der Waals surface area contributed by atoms with Crippen molar-refractivity contribution in [3.8, 4) is 0 Å². The number of esters is 1. The Bertz CT molecular complexity index is 929. The Kier molecular flexibility index (Phi) is 9.12. The molecule has 0 aromatic carbocycles. The minimum Gasteiger partial charge on any atom is -0.393 e. The lowest BCUT2D eigenvalue weighted by atomic mass is 9.87. The van der Waals surface area contributed by atoms with Gasteiger partial charge < -0.3 is 4.74 Å². The highest BCUT2D eigenvalue weighted by Crippen LogP contribution is 2.66. The molecular formula is C16H9F21O2. The molecule has 23 heteroatoms. The highest BCUT2D eigenvalue weighted by atomic mass is 19.4. The van der Waals surface area contributed by atoms with Crippen LogP contribution in [0, 0.1) is 0 Å². The van der Waals surface area contributed by atoms with Crippen molar-refractivity contribution in [2.75, 3.05) is 0 Å². The van der Waals surface area contributed by atoms with Crippen molar-refractivity contribution in [2.45, 2.75) is 79.4 Å². The summed E-state index contributed by atoms with van der Waals surface area (Å²) < 4.78 is 279. The van der Waals surface area contributed by atoms with E-state index in [9.17, 15) is 97.0 Å². The number of hydrogen-bond acceptors (Lipinski definition) is 2. The molecule has 0 atom stereocenters. The first-order valence-corrected chi connectivity index (χ1v) is 9.00.